The van der Waals surface area contributed by atoms with E-state index in [0.29, 0.717) is 23.0 Å². The average molecular weight is 300 g/mol. The van der Waals surface area contributed by atoms with E-state index in [0.717, 1.165) is 30.6 Å². The molecule has 0 heterocycles. The molecule has 0 aliphatic heterocycles. The number of hydrogen-bond donors (Lipinski definition) is 0. The number of hydrogen-bond acceptors (Lipinski definition) is 1. The van der Waals surface area contributed by atoms with Gasteiger partial charge in [0, 0.05) is 11.3 Å². The number of carbonyl (C=O) groups excluding carboxylic acids is 1. The molecule has 3 saturated carbocycles. The van der Waals surface area contributed by atoms with Crippen LogP contribution in [0, 0.1) is 40.4 Å². The van der Waals surface area contributed by atoms with Gasteiger partial charge in [-0.3, -0.25) is 4.79 Å². The van der Waals surface area contributed by atoms with Gasteiger partial charge >= 0.3 is 0 Å². The minimum absolute atomic E-state index is 0.00421. The Bertz CT molecular complexity index is 532. The van der Waals surface area contributed by atoms with Crippen LogP contribution in [0.1, 0.15) is 72.6 Å². The molecule has 4 aliphatic rings. The molecule has 3 fully saturated rings. The van der Waals surface area contributed by atoms with Crippen LogP contribution in [0.15, 0.2) is 11.6 Å². The van der Waals surface area contributed by atoms with Crippen LogP contribution in [0.5, 0.6) is 0 Å². The number of carbonyl (C=O) groups is 1. The number of rotatable bonds is 0. The summed E-state index contributed by atoms with van der Waals surface area (Å²) in [6.45, 7) is 9.45. The maximum atomic E-state index is 12.7. The third kappa shape index (κ3) is 1.80. The van der Waals surface area contributed by atoms with Gasteiger partial charge in [0.1, 0.15) is 5.78 Å². The molecule has 4 aliphatic carbocycles. The lowest BCUT2D eigenvalue weighted by Crippen LogP contribution is -2.50. The van der Waals surface area contributed by atoms with E-state index < -0.39 is 0 Å². The Morgan fingerprint density at radius 1 is 1.05 bits per heavy atom. The minimum Gasteiger partial charge on any atom is -0.299 e. The Hall–Kier alpha value is -0.590. The Balaban J connectivity index is 1.70. The van der Waals surface area contributed by atoms with E-state index in [9.17, 15) is 4.79 Å². The molecule has 1 heteroatoms. The van der Waals surface area contributed by atoms with Gasteiger partial charge in [-0.2, -0.15) is 0 Å². The van der Waals surface area contributed by atoms with Gasteiger partial charge < -0.3 is 0 Å². The lowest BCUT2D eigenvalue weighted by molar-refractivity contribution is -0.133. The maximum absolute atomic E-state index is 12.7. The normalized spacial score (nSPS) is 54.3. The molecule has 0 amide bonds. The van der Waals surface area contributed by atoms with E-state index in [1.165, 1.54) is 32.1 Å². The molecule has 0 saturated heterocycles. The summed E-state index contributed by atoms with van der Waals surface area (Å²) < 4.78 is 0. The molecular weight excluding hydrogens is 268 g/mol. The summed E-state index contributed by atoms with van der Waals surface area (Å²) in [6, 6.07) is 0. The van der Waals surface area contributed by atoms with Gasteiger partial charge in [0.05, 0.1) is 0 Å². The number of ketones is 1. The summed E-state index contributed by atoms with van der Waals surface area (Å²) >= 11 is 0. The zero-order chi connectivity index (χ0) is 15.7. The molecule has 1 unspecified atom stereocenters. The first kappa shape index (κ1) is 15.0. The van der Waals surface area contributed by atoms with Crippen molar-refractivity contribution in [3.8, 4) is 0 Å². The predicted octanol–water partition coefficient (Wildman–Crippen LogP) is 5.40. The van der Waals surface area contributed by atoms with E-state index in [-0.39, 0.29) is 5.41 Å². The van der Waals surface area contributed by atoms with Gasteiger partial charge in [-0.25, -0.2) is 0 Å². The van der Waals surface area contributed by atoms with Crippen molar-refractivity contribution < 1.29 is 4.79 Å². The Morgan fingerprint density at radius 3 is 2.55 bits per heavy atom. The second kappa shape index (κ2) is 4.71. The highest BCUT2D eigenvalue weighted by Gasteiger charge is 2.60. The molecule has 122 valence electrons. The largest absolute Gasteiger partial charge is 0.299 e. The van der Waals surface area contributed by atoms with Crippen molar-refractivity contribution in [3.63, 3.8) is 0 Å². The molecule has 1 nitrogen and oxygen atoms in total. The SMILES string of the molecule is CC1CC[C@@]2(C)C(=CC[C@@H]3[C@@H]2CC[C@]2(C)C(=O)[C@H](C)C[C@@H]32)C1. The summed E-state index contributed by atoms with van der Waals surface area (Å²) in [4.78, 5) is 12.7. The van der Waals surface area contributed by atoms with Gasteiger partial charge in [-0.05, 0) is 74.0 Å². The summed E-state index contributed by atoms with van der Waals surface area (Å²) in [5.74, 6) is 4.03. The third-order valence-corrected chi connectivity index (χ3v) is 8.36. The molecule has 0 aromatic rings. The van der Waals surface area contributed by atoms with Crippen LogP contribution in [-0.4, -0.2) is 5.78 Å². The highest BCUT2D eigenvalue weighted by Crippen LogP contribution is 2.64. The van der Waals surface area contributed by atoms with E-state index >= 15 is 0 Å². The van der Waals surface area contributed by atoms with Gasteiger partial charge in [0.15, 0.2) is 0 Å². The second-order valence-electron chi connectivity index (χ2n) is 9.56. The summed E-state index contributed by atoms with van der Waals surface area (Å²) in [5.41, 5.74) is 2.23. The summed E-state index contributed by atoms with van der Waals surface area (Å²) in [5, 5.41) is 0. The van der Waals surface area contributed by atoms with Crippen molar-refractivity contribution in [1.82, 2.24) is 0 Å². The van der Waals surface area contributed by atoms with Crippen molar-refractivity contribution in [2.45, 2.75) is 72.6 Å². The standard InChI is InChI=1S/C21H32O/c1-13-7-9-20(3)15(11-13)5-6-16-17(20)8-10-21(4)18(16)12-14(2)19(21)22/h5,13-14,16-18H,6-12H2,1-4H3/t13?,14-,16-,17+,18+,20+,21+/m1/s1. The molecule has 7 atom stereocenters. The van der Waals surface area contributed by atoms with Gasteiger partial charge in [-0.1, -0.05) is 39.3 Å². The first-order valence-electron chi connectivity index (χ1n) is 9.60. The molecule has 0 bridgehead atoms. The van der Waals surface area contributed by atoms with Gasteiger partial charge in [0.2, 0.25) is 0 Å². The van der Waals surface area contributed by atoms with Gasteiger partial charge in [0.25, 0.3) is 0 Å². The summed E-state index contributed by atoms with van der Waals surface area (Å²) in [6.07, 6.45) is 11.6. The fourth-order valence-corrected chi connectivity index (χ4v) is 6.95. The van der Waals surface area contributed by atoms with Crippen molar-refractivity contribution >= 4 is 5.78 Å². The quantitative estimate of drug-likeness (QED) is 0.547. The minimum atomic E-state index is 0.00421. The number of allylic oxidation sites excluding steroid dienone is 2. The van der Waals surface area contributed by atoms with Crippen LogP contribution < -0.4 is 0 Å². The van der Waals surface area contributed by atoms with Gasteiger partial charge in [-0.15, -0.1) is 0 Å². The molecule has 0 radical (unpaired) electrons. The molecule has 0 aromatic carbocycles. The lowest BCUT2D eigenvalue weighted by atomic mass is 9.47. The Labute approximate surface area is 135 Å². The zero-order valence-corrected chi connectivity index (χ0v) is 14.8. The highest BCUT2D eigenvalue weighted by atomic mass is 16.1. The van der Waals surface area contributed by atoms with Crippen molar-refractivity contribution in [2.24, 2.45) is 40.4 Å². The first-order chi connectivity index (χ1) is 10.4. The first-order valence-corrected chi connectivity index (χ1v) is 9.60. The molecule has 0 N–H and O–H groups in total. The fraction of sp³-hybridized carbons (Fsp3) is 0.857. The number of Topliss-reactive ketones (excluding diaryl/α,β-unsaturated/α-hetero) is 1. The Morgan fingerprint density at radius 2 is 1.77 bits per heavy atom. The smallest absolute Gasteiger partial charge is 0.141 e. The topological polar surface area (TPSA) is 17.1 Å². The van der Waals surface area contributed by atoms with Crippen LogP contribution in [0.3, 0.4) is 0 Å². The number of fused-ring (bicyclic) bond motifs is 5. The fourth-order valence-electron chi connectivity index (χ4n) is 6.95. The molecule has 4 rings (SSSR count). The zero-order valence-electron chi connectivity index (χ0n) is 14.8. The van der Waals surface area contributed by atoms with E-state index in [1.807, 2.05) is 0 Å². The highest BCUT2D eigenvalue weighted by molar-refractivity contribution is 5.89. The van der Waals surface area contributed by atoms with E-state index in [4.69, 9.17) is 0 Å². The third-order valence-electron chi connectivity index (χ3n) is 8.36. The van der Waals surface area contributed by atoms with Crippen LogP contribution in [-0.2, 0) is 4.79 Å². The van der Waals surface area contributed by atoms with Crippen LogP contribution in [0.4, 0.5) is 0 Å². The Kier molecular flexibility index (Phi) is 3.20. The summed E-state index contributed by atoms with van der Waals surface area (Å²) in [7, 11) is 0. The molecule has 0 aromatic heterocycles. The van der Waals surface area contributed by atoms with E-state index in [2.05, 4.69) is 33.8 Å². The lowest BCUT2D eigenvalue weighted by Gasteiger charge is -2.57. The van der Waals surface area contributed by atoms with Crippen molar-refractivity contribution in [2.75, 3.05) is 0 Å². The maximum Gasteiger partial charge on any atom is 0.141 e. The van der Waals surface area contributed by atoms with Crippen LogP contribution in [0.2, 0.25) is 0 Å². The monoisotopic (exact) mass is 300 g/mol. The van der Waals surface area contributed by atoms with Crippen LogP contribution >= 0.6 is 0 Å². The van der Waals surface area contributed by atoms with E-state index in [1.54, 1.807) is 5.57 Å². The molecular formula is C21H32O. The van der Waals surface area contributed by atoms with Crippen molar-refractivity contribution in [1.29, 1.82) is 0 Å². The van der Waals surface area contributed by atoms with Crippen molar-refractivity contribution in [3.05, 3.63) is 11.6 Å². The molecule has 0 spiro atoms. The average Bonchev–Trinajstić information content (AvgIpc) is 2.72. The van der Waals surface area contributed by atoms with Crippen LogP contribution in [0.25, 0.3) is 0 Å². The predicted molar refractivity (Wildman–Crippen MR) is 90.4 cm³/mol. The second-order valence-corrected chi connectivity index (χ2v) is 9.56. The molecule has 22 heavy (non-hydrogen) atoms.